The predicted molar refractivity (Wildman–Crippen MR) is 86.4 cm³/mol. The minimum absolute atomic E-state index is 0.109. The van der Waals surface area contributed by atoms with Crippen LogP contribution in [0.3, 0.4) is 0 Å². The van der Waals surface area contributed by atoms with Gasteiger partial charge in [0.15, 0.2) is 6.10 Å². The van der Waals surface area contributed by atoms with Gasteiger partial charge in [-0.25, -0.2) is 9.18 Å². The molecule has 0 unspecified atom stereocenters. The fraction of sp³-hybridized carbons (Fsp3) is 0.125. The number of benzene rings is 2. The summed E-state index contributed by atoms with van der Waals surface area (Å²) in [5.41, 5.74) is 0.501. The molecule has 0 fully saturated rings. The number of rotatable bonds is 4. The Morgan fingerprint density at radius 2 is 1.78 bits per heavy atom. The number of halogens is 3. The molecule has 0 heterocycles. The first-order valence-corrected chi connectivity index (χ1v) is 7.35. The lowest BCUT2D eigenvalue weighted by atomic mass is 10.2. The smallest absolute Gasteiger partial charge is 0.340 e. The van der Waals surface area contributed by atoms with Crippen LogP contribution in [0, 0.1) is 5.82 Å². The second-order valence-corrected chi connectivity index (χ2v) is 5.51. The summed E-state index contributed by atoms with van der Waals surface area (Å²) in [5, 5.41) is 3.03. The number of ether oxygens (including phenoxy) is 1. The number of amides is 1. The SMILES string of the molecule is C[C@H](OC(=O)c1ccc(Cl)cc1Cl)C(=O)Nc1ccc(F)cc1. The molecule has 120 valence electrons. The number of esters is 1. The Bertz CT molecular complexity index is 735. The lowest BCUT2D eigenvalue weighted by molar-refractivity contribution is -0.123. The van der Waals surface area contributed by atoms with Crippen molar-refractivity contribution in [2.45, 2.75) is 13.0 Å². The summed E-state index contributed by atoms with van der Waals surface area (Å²) >= 11 is 11.7. The molecule has 0 saturated carbocycles. The molecule has 1 N–H and O–H groups in total. The van der Waals surface area contributed by atoms with E-state index in [1.54, 1.807) is 0 Å². The van der Waals surface area contributed by atoms with Crippen LogP contribution >= 0.6 is 23.2 Å². The van der Waals surface area contributed by atoms with Crippen molar-refractivity contribution >= 4 is 40.8 Å². The molecule has 7 heteroatoms. The van der Waals surface area contributed by atoms with Crippen molar-refractivity contribution in [3.63, 3.8) is 0 Å². The second-order valence-electron chi connectivity index (χ2n) is 4.67. The van der Waals surface area contributed by atoms with Crippen molar-refractivity contribution in [3.05, 3.63) is 63.9 Å². The Morgan fingerprint density at radius 3 is 2.39 bits per heavy atom. The van der Waals surface area contributed by atoms with Crippen molar-refractivity contribution in [1.82, 2.24) is 0 Å². The molecule has 0 aliphatic heterocycles. The largest absolute Gasteiger partial charge is 0.449 e. The van der Waals surface area contributed by atoms with E-state index in [0.717, 1.165) is 0 Å². The Labute approximate surface area is 142 Å². The molecule has 0 radical (unpaired) electrons. The van der Waals surface area contributed by atoms with Crippen LogP contribution in [-0.4, -0.2) is 18.0 Å². The van der Waals surface area contributed by atoms with Crippen molar-refractivity contribution in [2.75, 3.05) is 5.32 Å². The van der Waals surface area contributed by atoms with Crippen LogP contribution in [-0.2, 0) is 9.53 Å². The highest BCUT2D eigenvalue weighted by Crippen LogP contribution is 2.22. The first-order valence-electron chi connectivity index (χ1n) is 6.59. The summed E-state index contributed by atoms with van der Waals surface area (Å²) in [6, 6.07) is 9.53. The molecule has 1 amide bonds. The van der Waals surface area contributed by atoms with E-state index in [4.69, 9.17) is 27.9 Å². The Balaban J connectivity index is 2.00. The number of anilines is 1. The molecule has 0 aliphatic rings. The molecule has 0 bridgehead atoms. The van der Waals surface area contributed by atoms with Crippen LogP contribution in [0.15, 0.2) is 42.5 Å². The van der Waals surface area contributed by atoms with E-state index < -0.39 is 23.8 Å². The molecule has 2 aromatic carbocycles. The summed E-state index contributed by atoms with van der Waals surface area (Å²) in [5.74, 6) is -1.71. The van der Waals surface area contributed by atoms with Gasteiger partial charge in [-0.2, -0.15) is 0 Å². The second kappa shape index (κ2) is 7.44. The van der Waals surface area contributed by atoms with Crippen molar-refractivity contribution < 1.29 is 18.7 Å². The Hall–Kier alpha value is -2.11. The lowest BCUT2D eigenvalue weighted by Gasteiger charge is -2.14. The zero-order chi connectivity index (χ0) is 17.0. The first-order chi connectivity index (χ1) is 10.9. The van der Waals surface area contributed by atoms with E-state index in [2.05, 4.69) is 5.32 Å². The maximum Gasteiger partial charge on any atom is 0.340 e. The van der Waals surface area contributed by atoms with Gasteiger partial charge in [0.05, 0.1) is 10.6 Å². The predicted octanol–water partition coefficient (Wildman–Crippen LogP) is 4.32. The highest BCUT2D eigenvalue weighted by atomic mass is 35.5. The molecule has 4 nitrogen and oxygen atoms in total. The van der Waals surface area contributed by atoms with Crippen molar-refractivity contribution in [3.8, 4) is 0 Å². The molecule has 0 aromatic heterocycles. The van der Waals surface area contributed by atoms with Gasteiger partial charge in [0, 0.05) is 10.7 Å². The summed E-state index contributed by atoms with van der Waals surface area (Å²) in [4.78, 5) is 24.0. The van der Waals surface area contributed by atoms with Gasteiger partial charge in [0.2, 0.25) is 0 Å². The van der Waals surface area contributed by atoms with Crippen LogP contribution < -0.4 is 5.32 Å². The third-order valence-electron chi connectivity index (χ3n) is 2.92. The van der Waals surface area contributed by atoms with Crippen molar-refractivity contribution in [1.29, 1.82) is 0 Å². The third kappa shape index (κ3) is 4.68. The van der Waals surface area contributed by atoms with Gasteiger partial charge in [-0.3, -0.25) is 4.79 Å². The monoisotopic (exact) mass is 355 g/mol. The number of hydrogen-bond donors (Lipinski definition) is 1. The van der Waals surface area contributed by atoms with E-state index in [0.29, 0.717) is 10.7 Å². The summed E-state index contributed by atoms with van der Waals surface area (Å²) in [6.07, 6.45) is -1.06. The molecule has 0 spiro atoms. The zero-order valence-electron chi connectivity index (χ0n) is 12.0. The highest BCUT2D eigenvalue weighted by molar-refractivity contribution is 6.36. The lowest BCUT2D eigenvalue weighted by Crippen LogP contribution is -2.30. The molecule has 0 saturated heterocycles. The molecule has 1 atom stereocenters. The van der Waals surface area contributed by atoms with Gasteiger partial charge < -0.3 is 10.1 Å². The molecule has 23 heavy (non-hydrogen) atoms. The molecular weight excluding hydrogens is 344 g/mol. The average Bonchev–Trinajstić information content (AvgIpc) is 2.49. The van der Waals surface area contributed by atoms with Crippen LogP contribution in [0.2, 0.25) is 10.0 Å². The number of carbonyl (C=O) groups is 2. The Morgan fingerprint density at radius 1 is 1.13 bits per heavy atom. The number of nitrogens with one attached hydrogen (secondary N) is 1. The van der Waals surface area contributed by atoms with Crippen LogP contribution in [0.5, 0.6) is 0 Å². The summed E-state index contributed by atoms with van der Waals surface area (Å²) in [7, 11) is 0. The maximum atomic E-state index is 12.8. The van der Waals surface area contributed by atoms with Crippen molar-refractivity contribution in [2.24, 2.45) is 0 Å². The normalized spacial score (nSPS) is 11.7. The Kier molecular flexibility index (Phi) is 5.58. The van der Waals surface area contributed by atoms with Gasteiger partial charge in [-0.05, 0) is 49.4 Å². The average molecular weight is 356 g/mol. The summed E-state index contributed by atoms with van der Waals surface area (Å²) in [6.45, 7) is 1.42. The van der Waals surface area contributed by atoms with E-state index in [-0.39, 0.29) is 10.6 Å². The van der Waals surface area contributed by atoms with Crippen LogP contribution in [0.25, 0.3) is 0 Å². The van der Waals surface area contributed by atoms with Gasteiger partial charge in [-0.15, -0.1) is 0 Å². The summed E-state index contributed by atoms with van der Waals surface area (Å²) < 4.78 is 17.9. The van der Waals surface area contributed by atoms with Gasteiger partial charge in [-0.1, -0.05) is 23.2 Å². The topological polar surface area (TPSA) is 55.4 Å². The van der Waals surface area contributed by atoms with E-state index in [1.165, 1.54) is 49.4 Å². The minimum Gasteiger partial charge on any atom is -0.449 e. The fourth-order valence-electron chi connectivity index (χ4n) is 1.71. The molecule has 2 rings (SSSR count). The van der Waals surface area contributed by atoms with E-state index >= 15 is 0 Å². The third-order valence-corrected chi connectivity index (χ3v) is 3.46. The van der Waals surface area contributed by atoms with Gasteiger partial charge in [0.25, 0.3) is 5.91 Å². The van der Waals surface area contributed by atoms with Crippen LogP contribution in [0.1, 0.15) is 17.3 Å². The van der Waals surface area contributed by atoms with E-state index in [9.17, 15) is 14.0 Å². The number of carbonyl (C=O) groups excluding carboxylic acids is 2. The van der Waals surface area contributed by atoms with Gasteiger partial charge in [0.1, 0.15) is 5.82 Å². The molecular formula is C16H12Cl2FNO3. The highest BCUT2D eigenvalue weighted by Gasteiger charge is 2.20. The quantitative estimate of drug-likeness (QED) is 0.831. The van der Waals surface area contributed by atoms with E-state index in [1.807, 2.05) is 0 Å². The maximum absolute atomic E-state index is 12.8. The van der Waals surface area contributed by atoms with Crippen LogP contribution in [0.4, 0.5) is 10.1 Å². The minimum atomic E-state index is -1.06. The first kappa shape index (κ1) is 17.2. The zero-order valence-corrected chi connectivity index (χ0v) is 13.5. The fourth-order valence-corrected chi connectivity index (χ4v) is 2.20. The standard InChI is InChI=1S/C16H12Cl2FNO3/c1-9(15(21)20-12-5-3-11(19)4-6-12)23-16(22)13-7-2-10(17)8-14(13)18/h2-9H,1H3,(H,20,21)/t9-/m0/s1. The molecule has 2 aromatic rings. The number of hydrogen-bond acceptors (Lipinski definition) is 3. The van der Waals surface area contributed by atoms with Gasteiger partial charge >= 0.3 is 5.97 Å². The molecule has 0 aliphatic carbocycles.